The Labute approximate surface area is 102 Å². The van der Waals surface area contributed by atoms with E-state index in [1.54, 1.807) is 6.20 Å². The van der Waals surface area contributed by atoms with E-state index in [9.17, 15) is 0 Å². The Morgan fingerprint density at radius 1 is 1.44 bits per heavy atom. The van der Waals surface area contributed by atoms with Crippen LogP contribution in [0.15, 0.2) is 18.3 Å². The fourth-order valence-electron chi connectivity index (χ4n) is 1.53. The highest BCUT2D eigenvalue weighted by atomic mass is 35.5. The summed E-state index contributed by atoms with van der Waals surface area (Å²) in [5.74, 6) is 0.220. The highest BCUT2D eigenvalue weighted by molar-refractivity contribution is 6.30. The zero-order valence-electron chi connectivity index (χ0n) is 9.94. The topological polar surface area (TPSA) is 45.1 Å². The molecule has 0 fully saturated rings. The van der Waals surface area contributed by atoms with E-state index in [1.807, 2.05) is 26.0 Å². The van der Waals surface area contributed by atoms with Crippen molar-refractivity contribution in [2.24, 2.45) is 5.92 Å². The van der Waals surface area contributed by atoms with Gasteiger partial charge in [0.1, 0.15) is 5.15 Å². The Hall–Kier alpha value is -0.640. The summed E-state index contributed by atoms with van der Waals surface area (Å²) in [6, 6.07) is 4.20. The second-order valence-corrected chi connectivity index (χ2v) is 4.58. The van der Waals surface area contributed by atoms with E-state index in [1.165, 1.54) is 0 Å². The maximum Gasteiger partial charge on any atom is 0.133 e. The lowest BCUT2D eigenvalue weighted by Crippen LogP contribution is -2.35. The first kappa shape index (κ1) is 13.4. The van der Waals surface area contributed by atoms with Gasteiger partial charge in [-0.3, -0.25) is 0 Å². The third-order valence-electron chi connectivity index (χ3n) is 2.91. The predicted octanol–water partition coefficient (Wildman–Crippen LogP) is 2.40. The Morgan fingerprint density at radius 3 is 2.69 bits per heavy atom. The SMILES string of the molecule is CC(NC(C)C(C)CO)c1cccnc1Cl. The van der Waals surface area contributed by atoms with Crippen LogP contribution in [0.25, 0.3) is 0 Å². The molecule has 0 saturated carbocycles. The van der Waals surface area contributed by atoms with Crippen LogP contribution in [-0.4, -0.2) is 22.7 Å². The molecule has 4 heteroatoms. The van der Waals surface area contributed by atoms with E-state index in [2.05, 4.69) is 17.2 Å². The van der Waals surface area contributed by atoms with Crippen molar-refractivity contribution < 1.29 is 5.11 Å². The van der Waals surface area contributed by atoms with Crippen molar-refractivity contribution in [2.75, 3.05) is 6.61 Å². The third-order valence-corrected chi connectivity index (χ3v) is 3.22. The summed E-state index contributed by atoms with van der Waals surface area (Å²) in [4.78, 5) is 4.05. The Bertz CT molecular complexity index is 333. The van der Waals surface area contributed by atoms with Crippen LogP contribution in [0.1, 0.15) is 32.4 Å². The van der Waals surface area contributed by atoms with Crippen molar-refractivity contribution in [3.05, 3.63) is 29.0 Å². The molecule has 0 aliphatic carbocycles. The number of aliphatic hydroxyl groups is 1. The number of nitrogens with one attached hydrogen (secondary N) is 1. The summed E-state index contributed by atoms with van der Waals surface area (Å²) in [6.07, 6.45) is 1.68. The summed E-state index contributed by atoms with van der Waals surface area (Å²) in [5.41, 5.74) is 0.987. The van der Waals surface area contributed by atoms with Crippen LogP contribution in [0, 0.1) is 5.92 Å². The fraction of sp³-hybridized carbons (Fsp3) is 0.583. The fourth-order valence-corrected chi connectivity index (χ4v) is 1.81. The molecule has 0 amide bonds. The number of aliphatic hydroxyl groups excluding tert-OH is 1. The molecule has 2 N–H and O–H groups in total. The van der Waals surface area contributed by atoms with E-state index >= 15 is 0 Å². The van der Waals surface area contributed by atoms with Crippen molar-refractivity contribution in [2.45, 2.75) is 32.9 Å². The van der Waals surface area contributed by atoms with Crippen molar-refractivity contribution in [1.82, 2.24) is 10.3 Å². The average Bonchev–Trinajstić information content (AvgIpc) is 2.28. The van der Waals surface area contributed by atoms with E-state index < -0.39 is 0 Å². The lowest BCUT2D eigenvalue weighted by Gasteiger charge is -2.24. The van der Waals surface area contributed by atoms with Crippen LogP contribution >= 0.6 is 11.6 Å². The molecule has 3 unspecified atom stereocenters. The van der Waals surface area contributed by atoms with E-state index in [0.29, 0.717) is 5.15 Å². The predicted molar refractivity (Wildman–Crippen MR) is 66.5 cm³/mol. The summed E-state index contributed by atoms with van der Waals surface area (Å²) in [6.45, 7) is 6.29. The highest BCUT2D eigenvalue weighted by Gasteiger charge is 2.16. The minimum atomic E-state index is 0.130. The number of aromatic nitrogens is 1. The van der Waals surface area contributed by atoms with Gasteiger partial charge < -0.3 is 10.4 Å². The summed E-state index contributed by atoms with van der Waals surface area (Å²) < 4.78 is 0. The molecule has 0 aliphatic rings. The number of halogens is 1. The molecule has 0 radical (unpaired) electrons. The number of rotatable bonds is 5. The van der Waals surface area contributed by atoms with Crippen LogP contribution in [0.4, 0.5) is 0 Å². The normalized spacial score (nSPS) is 16.8. The molecule has 0 saturated heterocycles. The van der Waals surface area contributed by atoms with Gasteiger partial charge >= 0.3 is 0 Å². The molecule has 90 valence electrons. The number of hydrogen-bond acceptors (Lipinski definition) is 3. The molecular weight excluding hydrogens is 224 g/mol. The van der Waals surface area contributed by atoms with Gasteiger partial charge in [0.15, 0.2) is 0 Å². The average molecular weight is 243 g/mol. The number of nitrogens with zero attached hydrogens (tertiary/aromatic N) is 1. The maximum absolute atomic E-state index is 9.06. The monoisotopic (exact) mass is 242 g/mol. The van der Waals surface area contributed by atoms with Gasteiger partial charge in [-0.2, -0.15) is 0 Å². The molecule has 3 nitrogen and oxygen atoms in total. The lowest BCUT2D eigenvalue weighted by atomic mass is 10.0. The van der Waals surface area contributed by atoms with Crippen LogP contribution in [0.5, 0.6) is 0 Å². The van der Waals surface area contributed by atoms with Crippen LogP contribution in [0.2, 0.25) is 5.15 Å². The summed E-state index contributed by atoms with van der Waals surface area (Å²) >= 11 is 6.02. The Morgan fingerprint density at radius 2 is 2.12 bits per heavy atom. The summed E-state index contributed by atoms with van der Waals surface area (Å²) in [5, 5.41) is 13.0. The molecule has 1 rings (SSSR count). The van der Waals surface area contributed by atoms with E-state index in [-0.39, 0.29) is 24.6 Å². The molecule has 0 aromatic carbocycles. The number of hydrogen-bond donors (Lipinski definition) is 2. The van der Waals surface area contributed by atoms with E-state index in [0.717, 1.165) is 5.56 Å². The second kappa shape index (κ2) is 6.18. The van der Waals surface area contributed by atoms with Crippen molar-refractivity contribution in [3.63, 3.8) is 0 Å². The first-order valence-corrected chi connectivity index (χ1v) is 5.91. The zero-order valence-corrected chi connectivity index (χ0v) is 10.7. The van der Waals surface area contributed by atoms with Gasteiger partial charge in [0.05, 0.1) is 0 Å². The number of pyridine rings is 1. The molecular formula is C12H19ClN2O. The lowest BCUT2D eigenvalue weighted by molar-refractivity contribution is 0.202. The molecule has 16 heavy (non-hydrogen) atoms. The van der Waals surface area contributed by atoms with Gasteiger partial charge in [0.25, 0.3) is 0 Å². The van der Waals surface area contributed by atoms with Gasteiger partial charge in [-0.1, -0.05) is 24.6 Å². The van der Waals surface area contributed by atoms with Crippen molar-refractivity contribution in [3.8, 4) is 0 Å². The first-order valence-electron chi connectivity index (χ1n) is 5.53. The van der Waals surface area contributed by atoms with Crippen molar-refractivity contribution in [1.29, 1.82) is 0 Å². The molecule has 0 bridgehead atoms. The Kier molecular flexibility index (Phi) is 5.19. The minimum Gasteiger partial charge on any atom is -0.396 e. The molecule has 0 spiro atoms. The van der Waals surface area contributed by atoms with Gasteiger partial charge in [0.2, 0.25) is 0 Å². The largest absolute Gasteiger partial charge is 0.396 e. The quantitative estimate of drug-likeness (QED) is 0.780. The van der Waals surface area contributed by atoms with Crippen LogP contribution in [0.3, 0.4) is 0 Å². The van der Waals surface area contributed by atoms with Gasteiger partial charge in [-0.05, 0) is 25.8 Å². The standard InChI is InChI=1S/C12H19ClN2O/c1-8(7-16)9(2)15-10(3)11-5-4-6-14-12(11)13/h4-6,8-10,15-16H,7H2,1-3H3. The first-order chi connectivity index (χ1) is 7.56. The molecule has 1 aromatic heterocycles. The highest BCUT2D eigenvalue weighted by Crippen LogP contribution is 2.21. The molecule has 1 aromatic rings. The van der Waals surface area contributed by atoms with E-state index in [4.69, 9.17) is 16.7 Å². The molecule has 3 atom stereocenters. The smallest absolute Gasteiger partial charge is 0.133 e. The van der Waals surface area contributed by atoms with Crippen molar-refractivity contribution >= 4 is 11.6 Å². The summed E-state index contributed by atoms with van der Waals surface area (Å²) in [7, 11) is 0. The Balaban J connectivity index is 2.65. The molecule has 0 aliphatic heterocycles. The second-order valence-electron chi connectivity index (χ2n) is 4.22. The zero-order chi connectivity index (χ0) is 12.1. The minimum absolute atomic E-state index is 0.130. The van der Waals surface area contributed by atoms with Crippen LogP contribution < -0.4 is 5.32 Å². The van der Waals surface area contributed by atoms with Crippen LogP contribution in [-0.2, 0) is 0 Å². The van der Waals surface area contributed by atoms with Gasteiger partial charge in [-0.15, -0.1) is 0 Å². The maximum atomic E-state index is 9.06. The molecule has 1 heterocycles. The van der Waals surface area contributed by atoms with Gasteiger partial charge in [-0.25, -0.2) is 4.98 Å². The van der Waals surface area contributed by atoms with Gasteiger partial charge in [0, 0.05) is 30.5 Å². The third kappa shape index (κ3) is 3.44.